The lowest BCUT2D eigenvalue weighted by atomic mass is 9.77. The number of rotatable bonds is 6. The van der Waals surface area contributed by atoms with E-state index in [4.69, 9.17) is 0 Å². The Morgan fingerprint density at radius 2 is 2.00 bits per heavy atom. The van der Waals surface area contributed by atoms with Crippen molar-refractivity contribution in [2.45, 2.75) is 59.4 Å². The highest BCUT2D eigenvalue weighted by molar-refractivity contribution is 5.10. The second-order valence-electron chi connectivity index (χ2n) is 5.91. The van der Waals surface area contributed by atoms with Crippen LogP contribution in [0.25, 0.3) is 0 Å². The third-order valence-corrected chi connectivity index (χ3v) is 4.48. The van der Waals surface area contributed by atoms with Crippen LogP contribution in [0.3, 0.4) is 0 Å². The van der Waals surface area contributed by atoms with E-state index in [0.29, 0.717) is 0 Å². The Bertz CT molecular complexity index is 383. The Labute approximate surface area is 117 Å². The van der Waals surface area contributed by atoms with Crippen LogP contribution in [0.5, 0.6) is 0 Å². The average molecular weight is 263 g/mol. The first-order chi connectivity index (χ1) is 9.24. The van der Waals surface area contributed by atoms with Crippen LogP contribution in [0.2, 0.25) is 0 Å². The Hall–Kier alpha value is -0.830. The maximum atomic E-state index is 4.58. The summed E-state index contributed by atoms with van der Waals surface area (Å²) in [6.45, 7) is 9.77. The summed E-state index contributed by atoms with van der Waals surface area (Å²) in [5.74, 6) is 1.70. The monoisotopic (exact) mass is 263 g/mol. The molecule has 2 atom stereocenters. The number of hydrogen-bond donors (Lipinski definition) is 1. The minimum absolute atomic E-state index is 0.842. The quantitative estimate of drug-likeness (QED) is 0.854. The van der Waals surface area contributed by atoms with Gasteiger partial charge in [0.05, 0.1) is 5.69 Å². The summed E-state index contributed by atoms with van der Waals surface area (Å²) in [7, 11) is 0. The molecular formula is C16H29N3. The van der Waals surface area contributed by atoms with Gasteiger partial charge >= 0.3 is 0 Å². The Morgan fingerprint density at radius 3 is 2.68 bits per heavy atom. The molecule has 0 aliphatic heterocycles. The highest BCUT2D eigenvalue weighted by Crippen LogP contribution is 2.32. The lowest BCUT2D eigenvalue weighted by Gasteiger charge is -2.32. The first-order valence-corrected chi connectivity index (χ1v) is 7.98. The van der Waals surface area contributed by atoms with Gasteiger partial charge in [-0.3, -0.25) is 4.68 Å². The number of hydrogen-bond acceptors (Lipinski definition) is 2. The molecule has 19 heavy (non-hydrogen) atoms. The summed E-state index contributed by atoms with van der Waals surface area (Å²) in [5.41, 5.74) is 2.60. The minimum Gasteiger partial charge on any atom is -0.317 e. The Morgan fingerprint density at radius 1 is 1.26 bits per heavy atom. The van der Waals surface area contributed by atoms with Gasteiger partial charge in [-0.1, -0.05) is 19.8 Å². The molecule has 1 aromatic heterocycles. The molecule has 1 aliphatic carbocycles. The summed E-state index contributed by atoms with van der Waals surface area (Å²) < 4.78 is 2.19. The van der Waals surface area contributed by atoms with Crippen molar-refractivity contribution in [3.63, 3.8) is 0 Å². The third kappa shape index (κ3) is 3.82. The van der Waals surface area contributed by atoms with Crippen LogP contribution in [0.1, 0.15) is 50.9 Å². The fraction of sp³-hybridized carbons (Fsp3) is 0.812. The van der Waals surface area contributed by atoms with E-state index in [0.717, 1.165) is 30.6 Å². The zero-order valence-electron chi connectivity index (χ0n) is 12.8. The topological polar surface area (TPSA) is 29.9 Å². The molecule has 3 heteroatoms. The van der Waals surface area contributed by atoms with Crippen molar-refractivity contribution in [3.05, 3.63) is 17.5 Å². The molecular weight excluding hydrogens is 234 g/mol. The van der Waals surface area contributed by atoms with Crippen LogP contribution >= 0.6 is 0 Å². The van der Waals surface area contributed by atoms with Gasteiger partial charge in [-0.05, 0) is 64.1 Å². The number of aryl methyl sites for hydroxylation is 2. The third-order valence-electron chi connectivity index (χ3n) is 4.48. The van der Waals surface area contributed by atoms with Crippen LogP contribution in [-0.4, -0.2) is 22.9 Å². The predicted molar refractivity (Wildman–Crippen MR) is 80.3 cm³/mol. The van der Waals surface area contributed by atoms with Crippen molar-refractivity contribution in [3.8, 4) is 0 Å². The number of aromatic nitrogens is 2. The maximum absolute atomic E-state index is 4.58. The van der Waals surface area contributed by atoms with Gasteiger partial charge in [0.25, 0.3) is 0 Å². The smallest absolute Gasteiger partial charge is 0.0596 e. The van der Waals surface area contributed by atoms with E-state index < -0.39 is 0 Å². The zero-order valence-corrected chi connectivity index (χ0v) is 12.8. The van der Waals surface area contributed by atoms with Crippen LogP contribution in [-0.2, 0) is 13.0 Å². The van der Waals surface area contributed by atoms with Gasteiger partial charge in [0.2, 0.25) is 0 Å². The predicted octanol–water partition coefficient (Wildman–Crippen LogP) is 3.17. The van der Waals surface area contributed by atoms with Crippen molar-refractivity contribution in [2.24, 2.45) is 11.8 Å². The molecule has 1 heterocycles. The van der Waals surface area contributed by atoms with Crippen LogP contribution in [0, 0.1) is 18.8 Å². The lowest BCUT2D eigenvalue weighted by Crippen LogP contribution is -2.32. The summed E-state index contributed by atoms with van der Waals surface area (Å²) in [5, 5.41) is 8.13. The van der Waals surface area contributed by atoms with Gasteiger partial charge in [-0.15, -0.1) is 0 Å². The lowest BCUT2D eigenvalue weighted by molar-refractivity contribution is 0.226. The largest absolute Gasteiger partial charge is 0.317 e. The first kappa shape index (κ1) is 14.6. The van der Waals surface area contributed by atoms with Crippen LogP contribution in [0.4, 0.5) is 0 Å². The first-order valence-electron chi connectivity index (χ1n) is 7.98. The average Bonchev–Trinajstić information content (AvgIpc) is 2.78. The van der Waals surface area contributed by atoms with Gasteiger partial charge < -0.3 is 5.32 Å². The fourth-order valence-corrected chi connectivity index (χ4v) is 3.46. The summed E-state index contributed by atoms with van der Waals surface area (Å²) in [6.07, 6.45) is 6.83. The van der Waals surface area contributed by atoms with E-state index in [1.165, 1.54) is 44.3 Å². The summed E-state index contributed by atoms with van der Waals surface area (Å²) in [6, 6.07) is 2.28. The molecule has 0 saturated heterocycles. The molecule has 2 unspecified atom stereocenters. The standard InChI is InChI=1S/C16H29N3/c1-4-17-12-15-9-7-6-8-14(15)11-16-10-13(3)18-19(16)5-2/h10,14-15,17H,4-9,11-12H2,1-3H3. The highest BCUT2D eigenvalue weighted by atomic mass is 15.3. The van der Waals surface area contributed by atoms with Gasteiger partial charge in [0, 0.05) is 12.2 Å². The van der Waals surface area contributed by atoms with Gasteiger partial charge in [0.1, 0.15) is 0 Å². The van der Waals surface area contributed by atoms with Gasteiger partial charge in [-0.2, -0.15) is 5.10 Å². The molecule has 1 saturated carbocycles. The molecule has 1 aromatic rings. The van der Waals surface area contributed by atoms with E-state index in [-0.39, 0.29) is 0 Å². The summed E-state index contributed by atoms with van der Waals surface area (Å²) >= 11 is 0. The molecule has 0 amide bonds. The minimum atomic E-state index is 0.842. The molecule has 1 N–H and O–H groups in total. The van der Waals surface area contributed by atoms with Crippen molar-refractivity contribution in [2.75, 3.05) is 13.1 Å². The number of nitrogens with one attached hydrogen (secondary N) is 1. The van der Waals surface area contributed by atoms with E-state index in [2.05, 4.69) is 41.9 Å². The van der Waals surface area contributed by atoms with E-state index in [9.17, 15) is 0 Å². The maximum Gasteiger partial charge on any atom is 0.0596 e. The molecule has 0 aromatic carbocycles. The van der Waals surface area contributed by atoms with Crippen LogP contribution in [0.15, 0.2) is 6.07 Å². The van der Waals surface area contributed by atoms with E-state index >= 15 is 0 Å². The normalized spacial score (nSPS) is 23.7. The van der Waals surface area contributed by atoms with Crippen LogP contribution < -0.4 is 5.32 Å². The highest BCUT2D eigenvalue weighted by Gasteiger charge is 2.25. The fourth-order valence-electron chi connectivity index (χ4n) is 3.46. The molecule has 3 nitrogen and oxygen atoms in total. The van der Waals surface area contributed by atoms with Gasteiger partial charge in [0.15, 0.2) is 0 Å². The molecule has 0 bridgehead atoms. The summed E-state index contributed by atoms with van der Waals surface area (Å²) in [4.78, 5) is 0. The molecule has 2 rings (SSSR count). The molecule has 108 valence electrons. The van der Waals surface area contributed by atoms with E-state index in [1.807, 2.05) is 0 Å². The zero-order chi connectivity index (χ0) is 13.7. The number of nitrogens with zero attached hydrogens (tertiary/aromatic N) is 2. The Balaban J connectivity index is 2.01. The SMILES string of the molecule is CCNCC1CCCCC1Cc1cc(C)nn1CC. The van der Waals surface area contributed by atoms with E-state index in [1.54, 1.807) is 0 Å². The van der Waals surface area contributed by atoms with Crippen molar-refractivity contribution < 1.29 is 0 Å². The van der Waals surface area contributed by atoms with Crippen molar-refractivity contribution in [1.82, 2.24) is 15.1 Å². The Kier molecular flexibility index (Phi) is 5.44. The van der Waals surface area contributed by atoms with Crippen molar-refractivity contribution in [1.29, 1.82) is 0 Å². The molecule has 1 aliphatic rings. The molecule has 1 fully saturated rings. The van der Waals surface area contributed by atoms with Crippen molar-refractivity contribution >= 4 is 0 Å². The second kappa shape index (κ2) is 7.09. The molecule has 0 radical (unpaired) electrons. The molecule has 0 spiro atoms. The second-order valence-corrected chi connectivity index (χ2v) is 5.91. The van der Waals surface area contributed by atoms with Gasteiger partial charge in [-0.25, -0.2) is 0 Å².